The van der Waals surface area contributed by atoms with E-state index in [-0.39, 0.29) is 0 Å². The van der Waals surface area contributed by atoms with E-state index in [0.717, 1.165) is 44.7 Å². The topological polar surface area (TPSA) is 62.1 Å². The number of ether oxygens (including phenoxy) is 2. The number of aromatic nitrogens is 4. The van der Waals surface area contributed by atoms with Gasteiger partial charge in [-0.2, -0.15) is 5.10 Å². The van der Waals surface area contributed by atoms with Crippen molar-refractivity contribution in [1.82, 2.24) is 19.7 Å². The van der Waals surface area contributed by atoms with Crippen LogP contribution in [0.2, 0.25) is 0 Å². The van der Waals surface area contributed by atoms with Crippen LogP contribution in [-0.2, 0) is 18.4 Å². The highest BCUT2D eigenvalue weighted by Crippen LogP contribution is 2.35. The second-order valence-electron chi connectivity index (χ2n) is 6.27. The van der Waals surface area contributed by atoms with E-state index in [1.807, 2.05) is 48.3 Å². The van der Waals surface area contributed by atoms with Crippen LogP contribution >= 0.6 is 0 Å². The van der Waals surface area contributed by atoms with Crippen LogP contribution in [0.5, 0.6) is 5.75 Å². The van der Waals surface area contributed by atoms with E-state index in [1.54, 1.807) is 20.5 Å². The average Bonchev–Trinajstić information content (AvgIpc) is 3.09. The quantitative estimate of drug-likeness (QED) is 0.541. The minimum atomic E-state index is 0.450. The van der Waals surface area contributed by atoms with Crippen molar-refractivity contribution in [2.45, 2.75) is 6.61 Å². The van der Waals surface area contributed by atoms with Crippen LogP contribution in [0, 0.1) is 0 Å². The molecule has 27 heavy (non-hydrogen) atoms. The van der Waals surface area contributed by atoms with E-state index in [2.05, 4.69) is 27.2 Å². The Morgan fingerprint density at radius 3 is 2.56 bits per heavy atom. The van der Waals surface area contributed by atoms with Crippen molar-refractivity contribution in [3.63, 3.8) is 0 Å². The van der Waals surface area contributed by atoms with Crippen molar-refractivity contribution >= 4 is 10.9 Å². The summed E-state index contributed by atoms with van der Waals surface area (Å²) < 4.78 is 12.6. The number of hydrogen-bond donors (Lipinski definition) is 0. The lowest BCUT2D eigenvalue weighted by molar-refractivity contribution is 0.182. The summed E-state index contributed by atoms with van der Waals surface area (Å²) in [6.45, 7) is 0.450. The molecule has 0 aliphatic rings. The first-order valence-corrected chi connectivity index (χ1v) is 8.61. The van der Waals surface area contributed by atoms with Crippen molar-refractivity contribution in [1.29, 1.82) is 0 Å². The first-order chi connectivity index (χ1) is 13.2. The zero-order valence-corrected chi connectivity index (χ0v) is 15.5. The molecule has 2 heterocycles. The van der Waals surface area contributed by atoms with Gasteiger partial charge in [0.2, 0.25) is 0 Å². The molecular weight excluding hydrogens is 340 g/mol. The number of aryl methyl sites for hydroxylation is 1. The molecule has 0 N–H and O–H groups in total. The zero-order chi connectivity index (χ0) is 18.8. The van der Waals surface area contributed by atoms with E-state index >= 15 is 0 Å². The van der Waals surface area contributed by atoms with Crippen molar-refractivity contribution in [2.75, 3.05) is 14.2 Å². The SMILES string of the molecule is COCc1cc2c(-c3cn(C)nc3-c3ccccc3)ncnc2cc1OC. The van der Waals surface area contributed by atoms with Crippen molar-refractivity contribution in [2.24, 2.45) is 7.05 Å². The molecule has 0 saturated heterocycles. The maximum Gasteiger partial charge on any atom is 0.126 e. The Labute approximate surface area is 157 Å². The van der Waals surface area contributed by atoms with E-state index in [9.17, 15) is 0 Å². The molecule has 136 valence electrons. The molecule has 2 aromatic carbocycles. The van der Waals surface area contributed by atoms with E-state index < -0.39 is 0 Å². The summed E-state index contributed by atoms with van der Waals surface area (Å²) in [6.07, 6.45) is 3.57. The second-order valence-corrected chi connectivity index (χ2v) is 6.27. The lowest BCUT2D eigenvalue weighted by Gasteiger charge is -2.11. The second kappa shape index (κ2) is 7.17. The highest BCUT2D eigenvalue weighted by molar-refractivity contribution is 5.96. The zero-order valence-electron chi connectivity index (χ0n) is 15.5. The van der Waals surface area contributed by atoms with Gasteiger partial charge in [-0.25, -0.2) is 9.97 Å². The van der Waals surface area contributed by atoms with Gasteiger partial charge < -0.3 is 9.47 Å². The number of benzene rings is 2. The predicted molar refractivity (Wildman–Crippen MR) is 104 cm³/mol. The molecule has 0 atom stereocenters. The van der Waals surface area contributed by atoms with Gasteiger partial charge >= 0.3 is 0 Å². The molecule has 2 aromatic heterocycles. The highest BCUT2D eigenvalue weighted by atomic mass is 16.5. The number of rotatable bonds is 5. The molecular formula is C21H20N4O2. The molecule has 4 rings (SSSR count). The molecule has 4 aromatic rings. The van der Waals surface area contributed by atoms with E-state index in [1.165, 1.54) is 0 Å². The van der Waals surface area contributed by atoms with Crippen LogP contribution in [0.15, 0.2) is 55.0 Å². The molecule has 6 nitrogen and oxygen atoms in total. The Morgan fingerprint density at radius 1 is 1.00 bits per heavy atom. The molecule has 0 fully saturated rings. The molecule has 0 unspecified atom stereocenters. The van der Waals surface area contributed by atoms with E-state index in [4.69, 9.17) is 9.47 Å². The van der Waals surface area contributed by atoms with Crippen LogP contribution in [0.3, 0.4) is 0 Å². The highest BCUT2D eigenvalue weighted by Gasteiger charge is 2.17. The summed E-state index contributed by atoms with van der Waals surface area (Å²) in [5.41, 5.74) is 5.51. The van der Waals surface area contributed by atoms with Crippen molar-refractivity contribution in [3.05, 3.63) is 60.6 Å². The summed E-state index contributed by atoms with van der Waals surface area (Å²) in [6, 6.07) is 14.1. The Hall–Kier alpha value is -3.25. The monoisotopic (exact) mass is 360 g/mol. The van der Waals surface area contributed by atoms with Gasteiger partial charge in [-0.3, -0.25) is 4.68 Å². The fourth-order valence-electron chi connectivity index (χ4n) is 3.27. The lowest BCUT2D eigenvalue weighted by atomic mass is 10.0. The first kappa shape index (κ1) is 17.2. The number of fused-ring (bicyclic) bond motifs is 1. The first-order valence-electron chi connectivity index (χ1n) is 8.61. The summed E-state index contributed by atoms with van der Waals surface area (Å²) in [5.74, 6) is 0.753. The van der Waals surface area contributed by atoms with Crippen LogP contribution in [0.25, 0.3) is 33.4 Å². The van der Waals surface area contributed by atoms with Gasteiger partial charge in [0.15, 0.2) is 0 Å². The Morgan fingerprint density at radius 2 is 1.81 bits per heavy atom. The smallest absolute Gasteiger partial charge is 0.126 e. The fraction of sp³-hybridized carbons (Fsp3) is 0.190. The molecule has 0 amide bonds. The Kier molecular flexibility index (Phi) is 4.56. The normalized spacial score (nSPS) is 11.1. The van der Waals surface area contributed by atoms with Gasteiger partial charge in [0.25, 0.3) is 0 Å². The van der Waals surface area contributed by atoms with Gasteiger partial charge in [0.1, 0.15) is 17.8 Å². The molecule has 0 radical (unpaired) electrons. The van der Waals surface area contributed by atoms with Gasteiger partial charge in [0.05, 0.1) is 24.9 Å². The third-order valence-electron chi connectivity index (χ3n) is 4.47. The molecule has 0 spiro atoms. The molecule has 6 heteroatoms. The maximum absolute atomic E-state index is 5.49. The van der Waals surface area contributed by atoms with Gasteiger partial charge in [-0.05, 0) is 6.07 Å². The standard InChI is InChI=1S/C21H20N4O2/c1-25-11-17(20(24-25)14-7-5-4-6-8-14)21-16-9-15(12-26-2)19(27-3)10-18(16)22-13-23-21/h4-11,13H,12H2,1-3H3. The van der Waals surface area contributed by atoms with Gasteiger partial charge in [-0.15, -0.1) is 0 Å². The van der Waals surface area contributed by atoms with Crippen LogP contribution < -0.4 is 4.74 Å². The summed E-state index contributed by atoms with van der Waals surface area (Å²) in [7, 11) is 5.23. The average molecular weight is 360 g/mol. The van der Waals surface area contributed by atoms with E-state index in [0.29, 0.717) is 6.61 Å². The number of hydrogen-bond acceptors (Lipinski definition) is 5. The minimum absolute atomic E-state index is 0.450. The van der Waals surface area contributed by atoms with Crippen LogP contribution in [0.4, 0.5) is 0 Å². The maximum atomic E-state index is 5.49. The summed E-state index contributed by atoms with van der Waals surface area (Å²) in [5, 5.41) is 5.60. The minimum Gasteiger partial charge on any atom is -0.496 e. The lowest BCUT2D eigenvalue weighted by Crippen LogP contribution is -1.97. The van der Waals surface area contributed by atoms with Gasteiger partial charge in [-0.1, -0.05) is 30.3 Å². The van der Waals surface area contributed by atoms with Crippen molar-refractivity contribution < 1.29 is 9.47 Å². The summed E-state index contributed by atoms with van der Waals surface area (Å²) >= 11 is 0. The Balaban J connectivity index is 1.96. The largest absolute Gasteiger partial charge is 0.496 e. The van der Waals surface area contributed by atoms with Crippen LogP contribution in [0.1, 0.15) is 5.56 Å². The fourth-order valence-corrected chi connectivity index (χ4v) is 3.27. The summed E-state index contributed by atoms with van der Waals surface area (Å²) in [4.78, 5) is 9.01. The van der Waals surface area contributed by atoms with Crippen molar-refractivity contribution in [3.8, 4) is 28.3 Å². The third-order valence-corrected chi connectivity index (χ3v) is 4.47. The number of nitrogens with zero attached hydrogens (tertiary/aromatic N) is 4. The molecule has 0 aliphatic heterocycles. The number of methoxy groups -OCH3 is 2. The Bertz CT molecular complexity index is 1090. The third kappa shape index (κ3) is 3.15. The molecule has 0 aliphatic carbocycles. The van der Waals surface area contributed by atoms with Crippen LogP contribution in [-0.4, -0.2) is 34.0 Å². The van der Waals surface area contributed by atoms with Gasteiger partial charge in [0, 0.05) is 48.5 Å². The molecule has 0 saturated carbocycles. The predicted octanol–water partition coefficient (Wildman–Crippen LogP) is 3.85. The molecule has 0 bridgehead atoms.